The van der Waals surface area contributed by atoms with Crippen LogP contribution in [0.1, 0.15) is 24.0 Å². The Morgan fingerprint density at radius 3 is 2.31 bits per heavy atom. The van der Waals surface area contributed by atoms with Crippen molar-refractivity contribution >= 4 is 23.0 Å². The van der Waals surface area contributed by atoms with Crippen molar-refractivity contribution in [1.82, 2.24) is 5.32 Å². The summed E-state index contributed by atoms with van der Waals surface area (Å²) in [4.78, 5) is 35.2. The molecule has 0 saturated carbocycles. The number of benzene rings is 2. The third kappa shape index (κ3) is 4.87. The van der Waals surface area contributed by atoms with Crippen LogP contribution in [0.5, 0.6) is 0 Å². The van der Waals surface area contributed by atoms with E-state index >= 15 is 0 Å². The Labute approximate surface area is 167 Å². The molecule has 1 aliphatic rings. The average Bonchev–Trinajstić information content (AvgIpc) is 2.72. The molecule has 0 bridgehead atoms. The fourth-order valence-electron chi connectivity index (χ4n) is 3.46. The number of non-ortho nitro benzene ring substituents is 1. The van der Waals surface area contributed by atoms with Gasteiger partial charge in [0.2, 0.25) is 5.91 Å². The van der Waals surface area contributed by atoms with Crippen LogP contribution in [0, 0.1) is 33.1 Å². The van der Waals surface area contributed by atoms with Crippen LogP contribution in [0.25, 0.3) is 0 Å². The van der Waals surface area contributed by atoms with E-state index in [9.17, 15) is 25.0 Å². The molecule has 0 atom stereocenters. The van der Waals surface area contributed by atoms with Gasteiger partial charge in [0.1, 0.15) is 5.69 Å². The number of anilines is 1. The van der Waals surface area contributed by atoms with E-state index < -0.39 is 9.85 Å². The molecule has 9 heteroatoms. The quantitative estimate of drug-likeness (QED) is 0.589. The topological polar surface area (TPSA) is 119 Å². The molecule has 1 saturated heterocycles. The molecule has 1 fully saturated rings. The van der Waals surface area contributed by atoms with Crippen LogP contribution in [0.4, 0.5) is 17.1 Å². The minimum atomic E-state index is -0.651. The first-order valence-corrected chi connectivity index (χ1v) is 9.36. The number of amides is 1. The number of nitro benzene ring substituents is 2. The predicted molar refractivity (Wildman–Crippen MR) is 108 cm³/mol. The molecular weight excluding hydrogens is 376 g/mol. The summed E-state index contributed by atoms with van der Waals surface area (Å²) in [5.74, 6) is -0.183. The van der Waals surface area contributed by atoms with Gasteiger partial charge in [-0.15, -0.1) is 0 Å². The molecule has 3 rings (SSSR count). The molecule has 152 valence electrons. The molecule has 2 aromatic rings. The molecular formula is C20H22N4O5. The van der Waals surface area contributed by atoms with E-state index in [1.165, 1.54) is 12.1 Å². The molecule has 0 aromatic heterocycles. The maximum Gasteiger partial charge on any atom is 0.299 e. The van der Waals surface area contributed by atoms with Crippen LogP contribution in [-0.2, 0) is 11.3 Å². The SMILES string of the molecule is Cc1ccc(CNC(=O)C2CCN(c3ccc([N+](=O)[O-])cc3[N+](=O)[O-])CC2)cc1. The molecule has 0 spiro atoms. The van der Waals surface area contributed by atoms with E-state index in [1.807, 2.05) is 36.1 Å². The zero-order valence-electron chi connectivity index (χ0n) is 16.0. The summed E-state index contributed by atoms with van der Waals surface area (Å²) in [7, 11) is 0. The van der Waals surface area contributed by atoms with E-state index in [0.29, 0.717) is 38.2 Å². The molecule has 1 N–H and O–H groups in total. The van der Waals surface area contributed by atoms with Crippen molar-refractivity contribution in [3.05, 3.63) is 73.8 Å². The van der Waals surface area contributed by atoms with Gasteiger partial charge in [0.15, 0.2) is 0 Å². The third-order valence-corrected chi connectivity index (χ3v) is 5.16. The summed E-state index contributed by atoms with van der Waals surface area (Å²) in [6.45, 7) is 3.42. The Morgan fingerprint density at radius 2 is 1.72 bits per heavy atom. The Kier molecular flexibility index (Phi) is 6.06. The number of hydrogen-bond acceptors (Lipinski definition) is 6. The highest BCUT2D eigenvalue weighted by Crippen LogP contribution is 2.34. The first-order chi connectivity index (χ1) is 13.8. The normalized spacial score (nSPS) is 14.4. The Bertz CT molecular complexity index is 921. The maximum atomic E-state index is 12.5. The number of nitrogens with one attached hydrogen (secondary N) is 1. The van der Waals surface area contributed by atoms with Crippen LogP contribution < -0.4 is 10.2 Å². The van der Waals surface area contributed by atoms with Gasteiger partial charge < -0.3 is 10.2 Å². The van der Waals surface area contributed by atoms with Crippen molar-refractivity contribution in [2.75, 3.05) is 18.0 Å². The summed E-state index contributed by atoms with van der Waals surface area (Å²) in [5.41, 5.74) is 1.93. The first kappa shape index (κ1) is 20.2. The number of hydrogen-bond donors (Lipinski definition) is 1. The number of carbonyl (C=O) groups excluding carboxylic acids is 1. The van der Waals surface area contributed by atoms with Crippen molar-refractivity contribution < 1.29 is 14.6 Å². The van der Waals surface area contributed by atoms with Crippen LogP contribution in [0.3, 0.4) is 0 Å². The molecule has 29 heavy (non-hydrogen) atoms. The zero-order valence-corrected chi connectivity index (χ0v) is 16.0. The Balaban J connectivity index is 1.60. The number of rotatable bonds is 6. The summed E-state index contributed by atoms with van der Waals surface area (Å²) in [6, 6.07) is 11.6. The third-order valence-electron chi connectivity index (χ3n) is 5.16. The van der Waals surface area contributed by atoms with E-state index in [4.69, 9.17) is 0 Å². The van der Waals surface area contributed by atoms with Crippen molar-refractivity contribution in [2.24, 2.45) is 5.92 Å². The lowest BCUT2D eigenvalue weighted by Gasteiger charge is -2.32. The Hall–Kier alpha value is -3.49. The Morgan fingerprint density at radius 1 is 1.07 bits per heavy atom. The minimum absolute atomic E-state index is 0.0246. The van der Waals surface area contributed by atoms with E-state index in [0.717, 1.165) is 17.2 Å². The fourth-order valence-corrected chi connectivity index (χ4v) is 3.46. The van der Waals surface area contributed by atoms with Gasteiger partial charge in [-0.25, -0.2) is 0 Å². The fraction of sp³-hybridized carbons (Fsp3) is 0.350. The molecule has 0 aliphatic carbocycles. The van der Waals surface area contributed by atoms with E-state index in [-0.39, 0.29) is 23.2 Å². The van der Waals surface area contributed by atoms with Crippen LogP contribution in [0.15, 0.2) is 42.5 Å². The first-order valence-electron chi connectivity index (χ1n) is 9.36. The average molecular weight is 398 g/mol. The van der Waals surface area contributed by atoms with Crippen LogP contribution in [0.2, 0.25) is 0 Å². The van der Waals surface area contributed by atoms with E-state index in [1.54, 1.807) is 0 Å². The lowest BCUT2D eigenvalue weighted by Crippen LogP contribution is -2.40. The van der Waals surface area contributed by atoms with Gasteiger partial charge in [-0.1, -0.05) is 29.8 Å². The van der Waals surface area contributed by atoms with Crippen LogP contribution in [-0.4, -0.2) is 28.8 Å². The van der Waals surface area contributed by atoms with Gasteiger partial charge in [0.05, 0.1) is 15.9 Å². The summed E-state index contributed by atoms with van der Waals surface area (Å²) in [5, 5.41) is 25.2. The standard InChI is InChI=1S/C20H22N4O5/c1-14-2-4-15(5-3-14)13-21-20(25)16-8-10-22(11-9-16)18-7-6-17(23(26)27)12-19(18)24(28)29/h2-7,12,16H,8-11,13H2,1H3,(H,21,25). The summed E-state index contributed by atoms with van der Waals surface area (Å²) < 4.78 is 0. The lowest BCUT2D eigenvalue weighted by molar-refractivity contribution is -0.393. The largest absolute Gasteiger partial charge is 0.366 e. The summed E-state index contributed by atoms with van der Waals surface area (Å²) >= 11 is 0. The number of nitrogens with zero attached hydrogens (tertiary/aromatic N) is 3. The van der Waals surface area contributed by atoms with Gasteiger partial charge in [-0.3, -0.25) is 25.0 Å². The van der Waals surface area contributed by atoms with Crippen molar-refractivity contribution in [3.63, 3.8) is 0 Å². The van der Waals surface area contributed by atoms with Gasteiger partial charge >= 0.3 is 0 Å². The highest BCUT2D eigenvalue weighted by atomic mass is 16.6. The number of nitro groups is 2. The molecule has 2 aromatic carbocycles. The van der Waals surface area contributed by atoms with Crippen molar-refractivity contribution in [3.8, 4) is 0 Å². The second-order valence-electron chi connectivity index (χ2n) is 7.15. The molecule has 1 aliphatic heterocycles. The summed E-state index contributed by atoms with van der Waals surface area (Å²) in [6.07, 6.45) is 1.13. The second kappa shape index (κ2) is 8.68. The van der Waals surface area contributed by atoms with Gasteiger partial charge in [-0.2, -0.15) is 0 Å². The maximum absolute atomic E-state index is 12.5. The second-order valence-corrected chi connectivity index (χ2v) is 7.15. The van der Waals surface area contributed by atoms with Crippen LogP contribution >= 0.6 is 0 Å². The molecule has 0 unspecified atom stereocenters. The monoisotopic (exact) mass is 398 g/mol. The van der Waals surface area contributed by atoms with E-state index in [2.05, 4.69) is 5.32 Å². The van der Waals surface area contributed by atoms with Gasteiger partial charge in [-0.05, 0) is 31.4 Å². The number of piperidine rings is 1. The molecule has 9 nitrogen and oxygen atoms in total. The minimum Gasteiger partial charge on any atom is -0.366 e. The molecule has 1 heterocycles. The zero-order chi connectivity index (χ0) is 21.0. The molecule has 0 radical (unpaired) electrons. The van der Waals surface area contributed by atoms with Gasteiger partial charge in [0, 0.05) is 31.6 Å². The van der Waals surface area contributed by atoms with Crippen molar-refractivity contribution in [2.45, 2.75) is 26.3 Å². The predicted octanol–water partition coefficient (Wildman–Crippen LogP) is 3.34. The van der Waals surface area contributed by atoms with Crippen molar-refractivity contribution in [1.29, 1.82) is 0 Å². The highest BCUT2D eigenvalue weighted by Gasteiger charge is 2.29. The highest BCUT2D eigenvalue weighted by molar-refractivity contribution is 5.79. The number of aryl methyl sites for hydroxylation is 1. The number of carbonyl (C=O) groups is 1. The smallest absolute Gasteiger partial charge is 0.299 e. The lowest BCUT2D eigenvalue weighted by atomic mass is 9.95. The molecule has 1 amide bonds. The van der Waals surface area contributed by atoms with Gasteiger partial charge in [0.25, 0.3) is 11.4 Å².